The molecule has 2 N–H and O–H groups in total. The molecule has 0 spiro atoms. The molecule has 0 fully saturated rings. The third kappa shape index (κ3) is 2.76. The number of rotatable bonds is 3. The molecule has 2 nitrogen and oxygen atoms in total. The Labute approximate surface area is 82.8 Å². The quantitative estimate of drug-likeness (QED) is 0.779. The van der Waals surface area contributed by atoms with Crippen molar-refractivity contribution in [2.45, 2.75) is 0 Å². The minimum Gasteiger partial charge on any atom is -0.507 e. The molecule has 0 aromatic heterocycles. The van der Waals surface area contributed by atoms with Crippen molar-refractivity contribution in [2.75, 3.05) is 13.6 Å². The molecule has 0 aliphatic carbocycles. The predicted octanol–water partition coefficient (Wildman–Crippen LogP) is 2.28. The molecule has 1 aromatic rings. The number of phenols is 1. The van der Waals surface area contributed by atoms with E-state index in [-0.39, 0.29) is 5.75 Å². The summed E-state index contributed by atoms with van der Waals surface area (Å²) in [5, 5.41) is 13.0. The molecule has 0 bridgehead atoms. The molecule has 0 amide bonds. The van der Waals surface area contributed by atoms with Crippen LogP contribution >= 0.6 is 11.6 Å². The van der Waals surface area contributed by atoms with Crippen molar-refractivity contribution in [3.8, 4) is 5.75 Å². The highest BCUT2D eigenvalue weighted by Gasteiger charge is 2.00. The highest BCUT2D eigenvalue weighted by atomic mass is 35.5. The number of hydrogen-bond donors (Lipinski definition) is 2. The number of likely N-dealkylation sites (N-methyl/N-ethyl adjacent to an activating group) is 1. The van der Waals surface area contributed by atoms with Crippen molar-refractivity contribution in [2.24, 2.45) is 0 Å². The van der Waals surface area contributed by atoms with Crippen LogP contribution in [0.15, 0.2) is 24.3 Å². The summed E-state index contributed by atoms with van der Waals surface area (Å²) in [6, 6.07) is 5.08. The minimum absolute atomic E-state index is 0.208. The van der Waals surface area contributed by atoms with E-state index in [0.29, 0.717) is 10.6 Å². The SMILES string of the molecule is CNCC=Cc1c(O)cccc1Cl. The van der Waals surface area contributed by atoms with Gasteiger partial charge in [0.05, 0.1) is 5.02 Å². The fourth-order valence-corrected chi connectivity index (χ4v) is 1.22. The van der Waals surface area contributed by atoms with Gasteiger partial charge in [0.1, 0.15) is 5.75 Å². The molecule has 0 heterocycles. The predicted molar refractivity (Wildman–Crippen MR) is 56.1 cm³/mol. The molecular weight excluding hydrogens is 186 g/mol. The van der Waals surface area contributed by atoms with Crippen LogP contribution < -0.4 is 5.32 Å². The monoisotopic (exact) mass is 197 g/mol. The zero-order chi connectivity index (χ0) is 9.68. The molecule has 1 aromatic carbocycles. The van der Waals surface area contributed by atoms with Gasteiger partial charge in [-0.15, -0.1) is 0 Å². The average molecular weight is 198 g/mol. The maximum atomic E-state index is 9.43. The lowest BCUT2D eigenvalue weighted by Gasteiger charge is -2.00. The lowest BCUT2D eigenvalue weighted by atomic mass is 10.2. The molecule has 0 unspecified atom stereocenters. The van der Waals surface area contributed by atoms with E-state index >= 15 is 0 Å². The smallest absolute Gasteiger partial charge is 0.124 e. The lowest BCUT2D eigenvalue weighted by molar-refractivity contribution is 0.474. The van der Waals surface area contributed by atoms with E-state index in [1.165, 1.54) is 0 Å². The van der Waals surface area contributed by atoms with Gasteiger partial charge in [-0.3, -0.25) is 0 Å². The van der Waals surface area contributed by atoms with Gasteiger partial charge in [-0.2, -0.15) is 0 Å². The molecule has 0 aliphatic heterocycles. The summed E-state index contributed by atoms with van der Waals surface area (Å²) in [6.07, 6.45) is 3.70. The summed E-state index contributed by atoms with van der Waals surface area (Å²) in [5.74, 6) is 0.208. The van der Waals surface area contributed by atoms with Gasteiger partial charge in [-0.25, -0.2) is 0 Å². The number of halogens is 1. The Hall–Kier alpha value is -0.990. The number of benzene rings is 1. The van der Waals surface area contributed by atoms with Crippen molar-refractivity contribution in [1.29, 1.82) is 0 Å². The number of phenolic OH excluding ortho intramolecular Hbond substituents is 1. The summed E-state index contributed by atoms with van der Waals surface area (Å²) < 4.78 is 0. The summed E-state index contributed by atoms with van der Waals surface area (Å²) >= 11 is 5.88. The van der Waals surface area contributed by atoms with E-state index in [1.54, 1.807) is 24.3 Å². The third-order valence-electron chi connectivity index (χ3n) is 1.64. The molecule has 70 valence electrons. The number of hydrogen-bond acceptors (Lipinski definition) is 2. The van der Waals surface area contributed by atoms with Gasteiger partial charge in [0.2, 0.25) is 0 Å². The van der Waals surface area contributed by atoms with Gasteiger partial charge in [0.25, 0.3) is 0 Å². The molecule has 0 radical (unpaired) electrons. The summed E-state index contributed by atoms with van der Waals surface area (Å²) in [5.41, 5.74) is 0.666. The average Bonchev–Trinajstić information content (AvgIpc) is 2.10. The fourth-order valence-electron chi connectivity index (χ4n) is 0.985. The van der Waals surface area contributed by atoms with Crippen molar-refractivity contribution < 1.29 is 5.11 Å². The molecule has 0 aliphatic rings. The van der Waals surface area contributed by atoms with Crippen LogP contribution in [0.1, 0.15) is 5.56 Å². The standard InChI is InChI=1S/C10H12ClNO/c1-12-7-3-4-8-9(11)5-2-6-10(8)13/h2-6,12-13H,7H2,1H3. The van der Waals surface area contributed by atoms with Gasteiger partial charge in [0, 0.05) is 12.1 Å². The molecule has 1 rings (SSSR count). The van der Waals surface area contributed by atoms with Gasteiger partial charge in [-0.05, 0) is 19.2 Å². The molecule has 0 saturated heterocycles. The second-order valence-electron chi connectivity index (χ2n) is 2.63. The van der Waals surface area contributed by atoms with Gasteiger partial charge in [-0.1, -0.05) is 29.8 Å². The van der Waals surface area contributed by atoms with E-state index in [9.17, 15) is 5.11 Å². The van der Waals surface area contributed by atoms with Crippen LogP contribution in [-0.4, -0.2) is 18.7 Å². The van der Waals surface area contributed by atoms with Crippen LogP contribution in [0.25, 0.3) is 6.08 Å². The van der Waals surface area contributed by atoms with Crippen molar-refractivity contribution in [3.05, 3.63) is 34.9 Å². The van der Waals surface area contributed by atoms with Crippen molar-refractivity contribution in [1.82, 2.24) is 5.32 Å². The lowest BCUT2D eigenvalue weighted by Crippen LogP contribution is -2.03. The van der Waals surface area contributed by atoms with E-state index in [4.69, 9.17) is 11.6 Å². The molecular formula is C10H12ClNO. The Balaban J connectivity index is 2.87. The summed E-state index contributed by atoms with van der Waals surface area (Å²) in [6.45, 7) is 0.755. The van der Waals surface area contributed by atoms with E-state index < -0.39 is 0 Å². The third-order valence-corrected chi connectivity index (χ3v) is 1.97. The van der Waals surface area contributed by atoms with Crippen LogP contribution in [0.4, 0.5) is 0 Å². The highest BCUT2D eigenvalue weighted by Crippen LogP contribution is 2.26. The maximum Gasteiger partial charge on any atom is 0.124 e. The first-order valence-corrected chi connectivity index (χ1v) is 4.42. The van der Waals surface area contributed by atoms with E-state index in [0.717, 1.165) is 6.54 Å². The Bertz CT molecular complexity index is 290. The van der Waals surface area contributed by atoms with Gasteiger partial charge >= 0.3 is 0 Å². The first-order chi connectivity index (χ1) is 6.25. The molecule has 3 heteroatoms. The first kappa shape index (κ1) is 10.1. The zero-order valence-electron chi connectivity index (χ0n) is 7.42. The van der Waals surface area contributed by atoms with Crippen LogP contribution in [0.5, 0.6) is 5.75 Å². The largest absolute Gasteiger partial charge is 0.507 e. The first-order valence-electron chi connectivity index (χ1n) is 4.04. The molecule has 0 saturated carbocycles. The maximum absolute atomic E-state index is 9.43. The Morgan fingerprint density at radius 2 is 2.31 bits per heavy atom. The number of aromatic hydroxyl groups is 1. The van der Waals surface area contributed by atoms with Crippen LogP contribution in [0.2, 0.25) is 5.02 Å². The highest BCUT2D eigenvalue weighted by molar-refractivity contribution is 6.32. The summed E-state index contributed by atoms with van der Waals surface area (Å²) in [7, 11) is 1.86. The molecule has 13 heavy (non-hydrogen) atoms. The zero-order valence-corrected chi connectivity index (χ0v) is 8.17. The van der Waals surface area contributed by atoms with E-state index in [2.05, 4.69) is 5.32 Å². The van der Waals surface area contributed by atoms with Gasteiger partial charge in [0.15, 0.2) is 0 Å². The van der Waals surface area contributed by atoms with Crippen molar-refractivity contribution >= 4 is 17.7 Å². The van der Waals surface area contributed by atoms with E-state index in [1.807, 2.05) is 13.1 Å². The van der Waals surface area contributed by atoms with Crippen LogP contribution in [0.3, 0.4) is 0 Å². The Kier molecular flexibility index (Phi) is 3.80. The second kappa shape index (κ2) is 4.90. The normalized spacial score (nSPS) is 10.9. The van der Waals surface area contributed by atoms with Gasteiger partial charge < -0.3 is 10.4 Å². The van der Waals surface area contributed by atoms with Crippen molar-refractivity contribution in [3.63, 3.8) is 0 Å². The Morgan fingerprint density at radius 3 is 2.92 bits per heavy atom. The summed E-state index contributed by atoms with van der Waals surface area (Å²) in [4.78, 5) is 0. The minimum atomic E-state index is 0.208. The topological polar surface area (TPSA) is 32.3 Å². The fraction of sp³-hybridized carbons (Fsp3) is 0.200. The van der Waals surface area contributed by atoms with Crippen LogP contribution in [-0.2, 0) is 0 Å². The Morgan fingerprint density at radius 1 is 1.54 bits per heavy atom. The van der Waals surface area contributed by atoms with Crippen LogP contribution in [0, 0.1) is 0 Å². The number of nitrogens with one attached hydrogen (secondary N) is 1. The molecule has 0 atom stereocenters. The second-order valence-corrected chi connectivity index (χ2v) is 3.04.